The van der Waals surface area contributed by atoms with Gasteiger partial charge in [-0.25, -0.2) is 4.98 Å². The van der Waals surface area contributed by atoms with Crippen molar-refractivity contribution in [2.24, 2.45) is 0 Å². The largest absolute Gasteiger partial charge is 0.378 e. The predicted octanol–water partition coefficient (Wildman–Crippen LogP) is 2.97. The molecule has 94 valence electrons. The molecule has 2 aromatic rings. The summed E-state index contributed by atoms with van der Waals surface area (Å²) in [7, 11) is 0. The number of nitrogens with one attached hydrogen (secondary N) is 1. The van der Waals surface area contributed by atoms with Crippen molar-refractivity contribution in [1.29, 1.82) is 0 Å². The molecule has 0 bridgehead atoms. The molecule has 0 saturated carbocycles. The van der Waals surface area contributed by atoms with E-state index in [1.165, 1.54) is 0 Å². The summed E-state index contributed by atoms with van der Waals surface area (Å²) in [5, 5.41) is 1.26. The van der Waals surface area contributed by atoms with Gasteiger partial charge in [-0.15, -0.1) is 0 Å². The fourth-order valence-electron chi connectivity index (χ4n) is 2.36. The number of pyridine rings is 1. The van der Waals surface area contributed by atoms with Gasteiger partial charge < -0.3 is 9.72 Å². The second-order valence-electron chi connectivity index (χ2n) is 4.48. The average Bonchev–Trinajstić information content (AvgIpc) is 2.97. The van der Waals surface area contributed by atoms with Crippen LogP contribution in [0.5, 0.6) is 0 Å². The molecule has 18 heavy (non-hydrogen) atoms. The normalized spacial score (nSPS) is 19.5. The van der Waals surface area contributed by atoms with Crippen LogP contribution in [0.15, 0.2) is 18.5 Å². The van der Waals surface area contributed by atoms with Crippen molar-refractivity contribution in [2.75, 3.05) is 6.61 Å². The first-order valence-corrected chi connectivity index (χ1v) is 6.40. The highest BCUT2D eigenvalue weighted by atomic mass is 35.5. The Bertz CT molecular complexity index is 588. The topological polar surface area (TPSA) is 55.0 Å². The van der Waals surface area contributed by atoms with Crippen LogP contribution in [0.25, 0.3) is 11.0 Å². The van der Waals surface area contributed by atoms with Crippen molar-refractivity contribution in [2.45, 2.75) is 25.4 Å². The van der Waals surface area contributed by atoms with E-state index in [2.05, 4.69) is 9.97 Å². The van der Waals surface area contributed by atoms with Gasteiger partial charge in [0.25, 0.3) is 0 Å². The van der Waals surface area contributed by atoms with Crippen LogP contribution in [-0.4, -0.2) is 28.5 Å². The number of hydrogen-bond acceptors (Lipinski definition) is 3. The third-order valence-corrected chi connectivity index (χ3v) is 3.58. The van der Waals surface area contributed by atoms with Crippen molar-refractivity contribution in [3.8, 4) is 0 Å². The van der Waals surface area contributed by atoms with Crippen molar-refractivity contribution >= 4 is 28.4 Å². The van der Waals surface area contributed by atoms with E-state index in [1.54, 1.807) is 18.5 Å². The maximum Gasteiger partial charge on any atom is 0.167 e. The first-order chi connectivity index (χ1) is 8.75. The highest BCUT2D eigenvalue weighted by molar-refractivity contribution is 6.36. The Balaban J connectivity index is 1.91. The summed E-state index contributed by atoms with van der Waals surface area (Å²) in [6.07, 6.45) is 5.76. The lowest BCUT2D eigenvalue weighted by Crippen LogP contribution is -2.12. The second kappa shape index (κ2) is 4.71. The quantitative estimate of drug-likeness (QED) is 0.867. The Morgan fingerprint density at radius 2 is 2.50 bits per heavy atom. The molecule has 1 unspecified atom stereocenters. The van der Waals surface area contributed by atoms with Crippen LogP contribution < -0.4 is 0 Å². The Morgan fingerprint density at radius 3 is 3.28 bits per heavy atom. The molecule has 0 aromatic carbocycles. The fraction of sp³-hybridized carbons (Fsp3) is 0.385. The maximum absolute atomic E-state index is 12.2. The number of hydrogen-bond donors (Lipinski definition) is 1. The molecule has 1 fully saturated rings. The van der Waals surface area contributed by atoms with Crippen LogP contribution in [0, 0.1) is 0 Å². The molecular weight excluding hydrogens is 252 g/mol. The molecule has 1 atom stereocenters. The van der Waals surface area contributed by atoms with E-state index >= 15 is 0 Å². The molecule has 5 heteroatoms. The number of H-pyrrole nitrogens is 1. The molecule has 0 spiro atoms. The number of carbonyl (C=O) groups excluding carboxylic acids is 1. The number of rotatable bonds is 3. The second-order valence-corrected chi connectivity index (χ2v) is 4.89. The minimum Gasteiger partial charge on any atom is -0.378 e. The minimum atomic E-state index is 0.0536. The lowest BCUT2D eigenvalue weighted by molar-refractivity contribution is 0.0777. The lowest BCUT2D eigenvalue weighted by atomic mass is 10.0. The Kier molecular flexibility index (Phi) is 3.06. The molecule has 2 aromatic heterocycles. The predicted molar refractivity (Wildman–Crippen MR) is 69.0 cm³/mol. The van der Waals surface area contributed by atoms with Gasteiger partial charge in [0.1, 0.15) is 5.65 Å². The molecule has 1 N–H and O–H groups in total. The van der Waals surface area contributed by atoms with Gasteiger partial charge in [0, 0.05) is 36.4 Å². The molecule has 0 aliphatic carbocycles. The van der Waals surface area contributed by atoms with Gasteiger partial charge in [-0.2, -0.15) is 0 Å². The van der Waals surface area contributed by atoms with Gasteiger partial charge in [0.05, 0.1) is 11.1 Å². The molecule has 1 saturated heterocycles. The van der Waals surface area contributed by atoms with Crippen LogP contribution in [0.2, 0.25) is 5.02 Å². The molecule has 1 aliphatic rings. The van der Waals surface area contributed by atoms with E-state index in [0.717, 1.165) is 19.4 Å². The zero-order valence-electron chi connectivity index (χ0n) is 9.78. The van der Waals surface area contributed by atoms with E-state index in [0.29, 0.717) is 28.0 Å². The monoisotopic (exact) mass is 264 g/mol. The third-order valence-electron chi connectivity index (χ3n) is 3.26. The molecule has 3 heterocycles. The van der Waals surface area contributed by atoms with Crippen LogP contribution in [-0.2, 0) is 4.74 Å². The molecular formula is C13H13ClN2O2. The number of ketones is 1. The summed E-state index contributed by atoms with van der Waals surface area (Å²) in [6, 6.07) is 1.70. The van der Waals surface area contributed by atoms with Gasteiger partial charge >= 0.3 is 0 Å². The van der Waals surface area contributed by atoms with Crippen molar-refractivity contribution in [1.82, 2.24) is 9.97 Å². The summed E-state index contributed by atoms with van der Waals surface area (Å²) >= 11 is 6.12. The number of nitrogens with zero attached hydrogens (tertiary/aromatic N) is 1. The van der Waals surface area contributed by atoms with Crippen molar-refractivity contribution in [3.63, 3.8) is 0 Å². The van der Waals surface area contributed by atoms with E-state index in [1.807, 2.05) is 0 Å². The summed E-state index contributed by atoms with van der Waals surface area (Å²) in [4.78, 5) is 19.4. The number of aromatic amines is 1. The standard InChI is InChI=1S/C13H13ClN2O2/c14-10-3-4-15-13-12(10)9(7-16-13)11(17)6-8-2-1-5-18-8/h3-4,7-8H,1-2,5-6H2,(H,15,16). The Morgan fingerprint density at radius 1 is 1.61 bits per heavy atom. The van der Waals surface area contributed by atoms with Gasteiger partial charge in [-0.3, -0.25) is 4.79 Å². The van der Waals surface area contributed by atoms with Crippen molar-refractivity contribution in [3.05, 3.63) is 29.0 Å². The Hall–Kier alpha value is -1.39. The minimum absolute atomic E-state index is 0.0536. The number of ether oxygens (including phenoxy) is 1. The molecule has 0 amide bonds. The van der Waals surface area contributed by atoms with E-state index < -0.39 is 0 Å². The number of halogens is 1. The lowest BCUT2D eigenvalue weighted by Gasteiger charge is -2.07. The molecule has 1 aliphatic heterocycles. The Labute approximate surface area is 109 Å². The third kappa shape index (κ3) is 2.02. The summed E-state index contributed by atoms with van der Waals surface area (Å²) in [5.74, 6) is 0.0584. The first kappa shape index (κ1) is 11.7. The van der Waals surface area contributed by atoms with Crippen LogP contribution in [0.3, 0.4) is 0 Å². The number of carbonyl (C=O) groups is 1. The summed E-state index contributed by atoms with van der Waals surface area (Å²) in [6.45, 7) is 0.758. The van der Waals surface area contributed by atoms with Crippen LogP contribution >= 0.6 is 11.6 Å². The number of aromatic nitrogens is 2. The zero-order chi connectivity index (χ0) is 12.5. The molecule has 0 radical (unpaired) electrons. The fourth-order valence-corrected chi connectivity index (χ4v) is 2.61. The molecule has 4 nitrogen and oxygen atoms in total. The SMILES string of the molecule is O=C(CC1CCCO1)c1c[nH]c2nccc(Cl)c12. The summed E-state index contributed by atoms with van der Waals surface area (Å²) in [5.41, 5.74) is 1.26. The smallest absolute Gasteiger partial charge is 0.167 e. The van der Waals surface area contributed by atoms with Gasteiger partial charge in [-0.1, -0.05) is 11.6 Å². The highest BCUT2D eigenvalue weighted by Gasteiger charge is 2.22. The average molecular weight is 265 g/mol. The highest BCUT2D eigenvalue weighted by Crippen LogP contribution is 2.27. The van der Waals surface area contributed by atoms with E-state index in [9.17, 15) is 4.79 Å². The van der Waals surface area contributed by atoms with E-state index in [4.69, 9.17) is 16.3 Å². The first-order valence-electron chi connectivity index (χ1n) is 6.02. The molecule has 3 rings (SSSR count). The number of Topliss-reactive ketones (excluding diaryl/α,β-unsaturated/α-hetero) is 1. The van der Waals surface area contributed by atoms with Crippen molar-refractivity contribution < 1.29 is 9.53 Å². The van der Waals surface area contributed by atoms with Crippen LogP contribution in [0.1, 0.15) is 29.6 Å². The van der Waals surface area contributed by atoms with Gasteiger partial charge in [0.15, 0.2) is 5.78 Å². The summed E-state index contributed by atoms with van der Waals surface area (Å²) < 4.78 is 5.48. The van der Waals surface area contributed by atoms with E-state index in [-0.39, 0.29) is 11.9 Å². The number of fused-ring (bicyclic) bond motifs is 1. The zero-order valence-corrected chi connectivity index (χ0v) is 10.5. The maximum atomic E-state index is 12.2. The van der Waals surface area contributed by atoms with Crippen LogP contribution in [0.4, 0.5) is 0 Å². The van der Waals surface area contributed by atoms with Gasteiger partial charge in [0.2, 0.25) is 0 Å². The van der Waals surface area contributed by atoms with Gasteiger partial charge in [-0.05, 0) is 18.9 Å².